The van der Waals surface area contributed by atoms with Crippen LogP contribution in [0.3, 0.4) is 0 Å². The first-order valence-electron chi connectivity index (χ1n) is 6.82. The van der Waals surface area contributed by atoms with Crippen molar-refractivity contribution in [2.45, 2.75) is 12.5 Å². The Morgan fingerprint density at radius 2 is 1.90 bits per heavy atom. The molecule has 4 nitrogen and oxygen atoms in total. The van der Waals surface area contributed by atoms with Crippen molar-refractivity contribution in [3.05, 3.63) is 65.4 Å². The summed E-state index contributed by atoms with van der Waals surface area (Å²) in [6.45, 7) is 1.95. The Hall–Kier alpha value is -2.59. The third-order valence-electron chi connectivity index (χ3n) is 4.12. The lowest BCUT2D eigenvalue weighted by molar-refractivity contribution is -0.129. The normalized spacial score (nSPS) is 20.6. The number of hydrogen-bond acceptors (Lipinski definition) is 2. The number of anilines is 1. The molecule has 1 aliphatic rings. The Balaban J connectivity index is 2.01. The number of H-pyrrole nitrogens is 1. The maximum Gasteiger partial charge on any atom is 0.265 e. The van der Waals surface area contributed by atoms with Crippen molar-refractivity contribution in [3.63, 3.8) is 0 Å². The zero-order chi connectivity index (χ0) is 14.6. The topological polar surface area (TPSA) is 65.1 Å². The highest BCUT2D eigenvalue weighted by Crippen LogP contribution is 2.43. The fourth-order valence-corrected chi connectivity index (χ4v) is 3.05. The van der Waals surface area contributed by atoms with E-state index in [1.807, 2.05) is 49.4 Å². The summed E-state index contributed by atoms with van der Waals surface area (Å²) in [5.41, 5.74) is 2.14. The van der Waals surface area contributed by atoms with Gasteiger partial charge in [0.15, 0.2) is 5.60 Å². The summed E-state index contributed by atoms with van der Waals surface area (Å²) in [5.74, 6) is -0.409. The highest BCUT2D eigenvalue weighted by Gasteiger charge is 2.48. The van der Waals surface area contributed by atoms with Crippen molar-refractivity contribution < 1.29 is 9.90 Å². The van der Waals surface area contributed by atoms with Crippen LogP contribution in [0.15, 0.2) is 48.7 Å². The van der Waals surface area contributed by atoms with Crippen LogP contribution in [-0.2, 0) is 10.4 Å². The number of nitrogens with one attached hydrogen (secondary N) is 2. The number of aromatic nitrogens is 1. The molecule has 2 aromatic carbocycles. The Bertz CT molecular complexity index is 881. The van der Waals surface area contributed by atoms with Crippen LogP contribution in [0.1, 0.15) is 16.7 Å². The average molecular weight is 278 g/mol. The predicted molar refractivity (Wildman–Crippen MR) is 81.1 cm³/mol. The van der Waals surface area contributed by atoms with Crippen molar-refractivity contribution in [2.24, 2.45) is 0 Å². The number of hydrogen-bond donors (Lipinski definition) is 3. The fraction of sp³-hybridized carbons (Fsp3) is 0.118. The standard InChI is InChI=1S/C17H14N2O2/c1-10-6-7-12-15(8-10)19-16(20)17(12,21)13-9-18-14-5-3-2-4-11(13)14/h2-9,18,21H,1H3,(H,19,20). The minimum absolute atomic E-state index is 0.409. The number of carbonyl (C=O) groups is 1. The van der Waals surface area contributed by atoms with E-state index in [2.05, 4.69) is 10.3 Å². The SMILES string of the molecule is Cc1ccc2c(c1)NC(=O)C2(O)c1c[nH]c2ccccc12. The second-order valence-corrected chi connectivity index (χ2v) is 5.46. The van der Waals surface area contributed by atoms with Crippen LogP contribution in [0.2, 0.25) is 0 Å². The van der Waals surface area contributed by atoms with Crippen LogP contribution in [0, 0.1) is 6.92 Å². The van der Waals surface area contributed by atoms with Crippen LogP contribution in [0.25, 0.3) is 10.9 Å². The molecule has 104 valence electrons. The molecule has 21 heavy (non-hydrogen) atoms. The highest BCUT2D eigenvalue weighted by molar-refractivity contribution is 6.09. The molecule has 0 bridgehead atoms. The minimum Gasteiger partial charge on any atom is -0.372 e. The quantitative estimate of drug-likeness (QED) is 0.640. The molecular weight excluding hydrogens is 264 g/mol. The molecule has 3 aromatic rings. The Labute approximate surface area is 121 Å². The summed E-state index contributed by atoms with van der Waals surface area (Å²) >= 11 is 0. The average Bonchev–Trinajstić information content (AvgIpc) is 3.00. The van der Waals surface area contributed by atoms with Crippen molar-refractivity contribution in [3.8, 4) is 0 Å². The molecule has 1 atom stereocenters. The first kappa shape index (κ1) is 12.2. The van der Waals surface area contributed by atoms with E-state index in [1.165, 1.54) is 0 Å². The van der Waals surface area contributed by atoms with E-state index in [-0.39, 0.29) is 0 Å². The molecule has 0 fully saturated rings. The van der Waals surface area contributed by atoms with Gasteiger partial charge < -0.3 is 15.4 Å². The Morgan fingerprint density at radius 1 is 1.10 bits per heavy atom. The van der Waals surface area contributed by atoms with Gasteiger partial charge in [0.2, 0.25) is 0 Å². The lowest BCUT2D eigenvalue weighted by atomic mass is 9.87. The van der Waals surface area contributed by atoms with Gasteiger partial charge >= 0.3 is 0 Å². The largest absolute Gasteiger partial charge is 0.372 e. The van der Waals surface area contributed by atoms with Gasteiger partial charge in [0.1, 0.15) is 0 Å². The number of amides is 1. The number of aromatic amines is 1. The van der Waals surface area contributed by atoms with Gasteiger partial charge in [-0.2, -0.15) is 0 Å². The monoisotopic (exact) mass is 278 g/mol. The van der Waals surface area contributed by atoms with E-state index >= 15 is 0 Å². The van der Waals surface area contributed by atoms with Gasteiger partial charge in [-0.25, -0.2) is 0 Å². The number of rotatable bonds is 1. The van der Waals surface area contributed by atoms with Gasteiger partial charge in [0.05, 0.1) is 0 Å². The van der Waals surface area contributed by atoms with E-state index in [0.717, 1.165) is 16.5 Å². The number of fused-ring (bicyclic) bond motifs is 2. The lowest BCUT2D eigenvalue weighted by Crippen LogP contribution is -2.35. The molecular formula is C17H14N2O2. The molecule has 0 spiro atoms. The number of aryl methyl sites for hydroxylation is 1. The molecule has 1 aromatic heterocycles. The smallest absolute Gasteiger partial charge is 0.265 e. The predicted octanol–water partition coefficient (Wildman–Crippen LogP) is 2.66. The van der Waals surface area contributed by atoms with Crippen molar-refractivity contribution in [2.75, 3.05) is 5.32 Å². The van der Waals surface area contributed by atoms with Crippen LogP contribution in [0.5, 0.6) is 0 Å². The number of benzene rings is 2. The molecule has 4 heteroatoms. The number of para-hydroxylation sites is 1. The molecule has 0 radical (unpaired) electrons. The Morgan fingerprint density at radius 3 is 2.76 bits per heavy atom. The minimum atomic E-state index is -1.65. The molecule has 1 unspecified atom stereocenters. The first-order chi connectivity index (χ1) is 10.1. The van der Waals surface area contributed by atoms with Gasteiger partial charge in [-0.3, -0.25) is 4.79 Å². The lowest BCUT2D eigenvalue weighted by Gasteiger charge is -2.20. The van der Waals surface area contributed by atoms with Crippen LogP contribution in [0.4, 0.5) is 5.69 Å². The van der Waals surface area contributed by atoms with E-state index in [0.29, 0.717) is 16.8 Å². The van der Waals surface area contributed by atoms with Crippen molar-refractivity contribution >= 4 is 22.5 Å². The second-order valence-electron chi connectivity index (χ2n) is 5.46. The van der Waals surface area contributed by atoms with Gasteiger partial charge in [0.25, 0.3) is 5.91 Å². The summed E-state index contributed by atoms with van der Waals surface area (Å²) < 4.78 is 0. The maximum atomic E-state index is 12.4. The van der Waals surface area contributed by atoms with Gasteiger partial charge in [-0.05, 0) is 24.6 Å². The van der Waals surface area contributed by atoms with Crippen molar-refractivity contribution in [1.82, 2.24) is 4.98 Å². The molecule has 0 saturated heterocycles. The molecule has 0 aliphatic carbocycles. The molecule has 1 aliphatic heterocycles. The summed E-state index contributed by atoms with van der Waals surface area (Å²) in [6.07, 6.45) is 1.71. The van der Waals surface area contributed by atoms with Gasteiger partial charge in [0, 0.05) is 33.9 Å². The third kappa shape index (κ3) is 1.51. The van der Waals surface area contributed by atoms with Crippen LogP contribution in [-0.4, -0.2) is 16.0 Å². The second kappa shape index (κ2) is 3.96. The summed E-state index contributed by atoms with van der Waals surface area (Å²) in [7, 11) is 0. The van der Waals surface area contributed by atoms with E-state index < -0.39 is 11.5 Å². The van der Waals surface area contributed by atoms with Gasteiger partial charge in [-0.15, -0.1) is 0 Å². The van der Waals surface area contributed by atoms with E-state index in [4.69, 9.17) is 0 Å². The van der Waals surface area contributed by atoms with E-state index in [9.17, 15) is 9.90 Å². The number of aliphatic hydroxyl groups is 1. The number of carbonyl (C=O) groups excluding carboxylic acids is 1. The third-order valence-corrected chi connectivity index (χ3v) is 4.12. The molecule has 0 saturated carbocycles. The maximum absolute atomic E-state index is 12.4. The molecule has 1 amide bonds. The first-order valence-corrected chi connectivity index (χ1v) is 6.82. The van der Waals surface area contributed by atoms with Crippen molar-refractivity contribution in [1.29, 1.82) is 0 Å². The molecule has 4 rings (SSSR count). The summed E-state index contributed by atoms with van der Waals surface area (Å²) in [6, 6.07) is 13.2. The highest BCUT2D eigenvalue weighted by atomic mass is 16.3. The molecule has 2 heterocycles. The van der Waals surface area contributed by atoms with Crippen LogP contribution >= 0.6 is 0 Å². The van der Waals surface area contributed by atoms with E-state index in [1.54, 1.807) is 6.20 Å². The fourth-order valence-electron chi connectivity index (χ4n) is 3.05. The Kier molecular flexibility index (Phi) is 2.30. The van der Waals surface area contributed by atoms with Gasteiger partial charge in [-0.1, -0.05) is 30.3 Å². The summed E-state index contributed by atoms with van der Waals surface area (Å²) in [4.78, 5) is 15.5. The summed E-state index contributed by atoms with van der Waals surface area (Å²) in [5, 5.41) is 14.8. The van der Waals surface area contributed by atoms with Crippen LogP contribution < -0.4 is 5.32 Å². The zero-order valence-corrected chi connectivity index (χ0v) is 11.5. The molecule has 3 N–H and O–H groups in total. The zero-order valence-electron chi connectivity index (χ0n) is 11.5.